The van der Waals surface area contributed by atoms with Crippen LogP contribution in [0.15, 0.2) is 59.1 Å². The molecule has 1 aliphatic heterocycles. The largest absolute Gasteiger partial charge is 0.340 e. The van der Waals surface area contributed by atoms with Gasteiger partial charge in [0.05, 0.1) is 0 Å². The monoisotopic (exact) mass is 500 g/mol. The number of rotatable bonds is 8. The summed E-state index contributed by atoms with van der Waals surface area (Å²) in [4.78, 5) is 31.8. The molecule has 0 aliphatic carbocycles. The molecule has 1 heterocycles. The maximum absolute atomic E-state index is 12.9. The van der Waals surface area contributed by atoms with Crippen LogP contribution in [0.3, 0.4) is 0 Å². The minimum atomic E-state index is -0.165. The van der Waals surface area contributed by atoms with Gasteiger partial charge in [-0.05, 0) is 43.2 Å². The van der Waals surface area contributed by atoms with Gasteiger partial charge in [0.25, 0.3) is 0 Å². The summed E-state index contributed by atoms with van der Waals surface area (Å²) >= 11 is 3.41. The van der Waals surface area contributed by atoms with Crippen LogP contribution >= 0.6 is 15.9 Å². The van der Waals surface area contributed by atoms with E-state index in [4.69, 9.17) is 0 Å². The predicted molar refractivity (Wildman–Crippen MR) is 133 cm³/mol. The first kappa shape index (κ1) is 24.3. The molecule has 1 aliphatic rings. The van der Waals surface area contributed by atoms with Crippen LogP contribution in [0.1, 0.15) is 32.3 Å². The summed E-state index contributed by atoms with van der Waals surface area (Å²) in [5.74, 6) is 0.120. The lowest BCUT2D eigenvalue weighted by Crippen LogP contribution is -2.49. The number of anilines is 1. The third-order valence-electron chi connectivity index (χ3n) is 6.02. The third kappa shape index (κ3) is 7.07. The van der Waals surface area contributed by atoms with Crippen LogP contribution < -0.4 is 5.32 Å². The minimum Gasteiger partial charge on any atom is -0.340 e. The maximum Gasteiger partial charge on any atom is 0.322 e. The summed E-state index contributed by atoms with van der Waals surface area (Å²) in [6.07, 6.45) is 1.18. The normalized spacial score (nSPS) is 15.3. The molecule has 172 valence electrons. The van der Waals surface area contributed by atoms with E-state index in [9.17, 15) is 9.59 Å². The SMILES string of the molecule is CCC(C)N(CCC(=O)N1CCN(Cc2ccccc2)CC1)C(=O)Nc1ccc(Br)cc1. The number of hydrogen-bond acceptors (Lipinski definition) is 3. The number of carbonyl (C=O) groups is 2. The molecule has 3 amide bonds. The molecule has 0 radical (unpaired) electrons. The maximum atomic E-state index is 12.9. The minimum absolute atomic E-state index is 0.0565. The number of amides is 3. The average molecular weight is 501 g/mol. The third-order valence-corrected chi connectivity index (χ3v) is 6.55. The summed E-state index contributed by atoms with van der Waals surface area (Å²) < 4.78 is 0.962. The Labute approximate surface area is 199 Å². The lowest BCUT2D eigenvalue weighted by Gasteiger charge is -2.35. The first-order valence-electron chi connectivity index (χ1n) is 11.3. The van der Waals surface area contributed by atoms with E-state index in [1.54, 1.807) is 4.90 Å². The van der Waals surface area contributed by atoms with Gasteiger partial charge in [0.2, 0.25) is 5.91 Å². The second kappa shape index (κ2) is 12.0. The molecule has 1 N–H and O–H groups in total. The zero-order valence-electron chi connectivity index (χ0n) is 19.0. The van der Waals surface area contributed by atoms with E-state index in [-0.39, 0.29) is 18.0 Å². The zero-order valence-corrected chi connectivity index (χ0v) is 20.6. The van der Waals surface area contributed by atoms with Gasteiger partial charge in [-0.25, -0.2) is 4.79 Å². The Morgan fingerprint density at radius 1 is 1.03 bits per heavy atom. The van der Waals surface area contributed by atoms with Gasteiger partial charge >= 0.3 is 6.03 Å². The summed E-state index contributed by atoms with van der Waals surface area (Å²) in [5, 5.41) is 2.95. The van der Waals surface area contributed by atoms with Crippen LogP contribution in [-0.2, 0) is 11.3 Å². The van der Waals surface area contributed by atoms with E-state index in [0.717, 1.165) is 49.3 Å². The van der Waals surface area contributed by atoms with Gasteiger partial charge < -0.3 is 15.1 Å². The smallest absolute Gasteiger partial charge is 0.322 e. The Morgan fingerprint density at radius 2 is 1.69 bits per heavy atom. The first-order valence-corrected chi connectivity index (χ1v) is 12.1. The molecule has 7 heteroatoms. The molecule has 0 bridgehead atoms. The molecule has 2 aromatic carbocycles. The van der Waals surface area contributed by atoms with Crippen LogP contribution in [0.4, 0.5) is 10.5 Å². The van der Waals surface area contributed by atoms with Crippen molar-refractivity contribution in [2.24, 2.45) is 0 Å². The van der Waals surface area contributed by atoms with Crippen LogP contribution in [0.2, 0.25) is 0 Å². The molecule has 6 nitrogen and oxygen atoms in total. The highest BCUT2D eigenvalue weighted by atomic mass is 79.9. The summed E-state index contributed by atoms with van der Waals surface area (Å²) in [6.45, 7) is 8.63. The van der Waals surface area contributed by atoms with Crippen LogP contribution in [-0.4, -0.2) is 65.4 Å². The average Bonchev–Trinajstić information content (AvgIpc) is 2.81. The van der Waals surface area contributed by atoms with Crippen molar-refractivity contribution in [1.29, 1.82) is 0 Å². The number of halogens is 1. The van der Waals surface area contributed by atoms with E-state index in [1.165, 1.54) is 5.56 Å². The van der Waals surface area contributed by atoms with Gasteiger partial charge in [0.1, 0.15) is 0 Å². The Kier molecular flexibility index (Phi) is 9.11. The topological polar surface area (TPSA) is 55.9 Å². The number of piperazine rings is 1. The molecule has 0 aromatic heterocycles. The molecule has 1 saturated heterocycles. The second-order valence-electron chi connectivity index (χ2n) is 8.28. The number of nitrogens with zero attached hydrogens (tertiary/aromatic N) is 3. The summed E-state index contributed by atoms with van der Waals surface area (Å²) in [5.41, 5.74) is 2.04. The van der Waals surface area contributed by atoms with Crippen LogP contribution in [0, 0.1) is 0 Å². The number of hydrogen-bond donors (Lipinski definition) is 1. The van der Waals surface area contributed by atoms with Crippen molar-refractivity contribution in [1.82, 2.24) is 14.7 Å². The van der Waals surface area contributed by atoms with Crippen molar-refractivity contribution in [3.05, 3.63) is 64.6 Å². The molecule has 1 atom stereocenters. The van der Waals surface area contributed by atoms with Gasteiger partial charge in [-0.2, -0.15) is 0 Å². The number of benzene rings is 2. The molecule has 32 heavy (non-hydrogen) atoms. The predicted octanol–water partition coefficient (Wildman–Crippen LogP) is 4.82. The van der Waals surface area contributed by atoms with Crippen LogP contribution in [0.25, 0.3) is 0 Å². The Bertz CT molecular complexity index is 867. The van der Waals surface area contributed by atoms with E-state index in [2.05, 4.69) is 57.3 Å². The number of urea groups is 1. The van der Waals surface area contributed by atoms with Gasteiger partial charge in [0, 0.05) is 61.9 Å². The lowest BCUT2D eigenvalue weighted by atomic mass is 10.2. The molecular formula is C25H33BrN4O2. The molecular weight excluding hydrogens is 468 g/mol. The van der Waals surface area contributed by atoms with Gasteiger partial charge in [-0.3, -0.25) is 9.69 Å². The second-order valence-corrected chi connectivity index (χ2v) is 9.20. The van der Waals surface area contributed by atoms with Gasteiger partial charge in [-0.15, -0.1) is 0 Å². The standard InChI is InChI=1S/C25H33BrN4O2/c1-3-20(2)30(25(32)27-23-11-9-22(26)10-12-23)14-13-24(31)29-17-15-28(16-18-29)19-21-7-5-4-6-8-21/h4-12,20H,3,13-19H2,1-2H3,(H,27,32). The van der Waals surface area contributed by atoms with E-state index in [1.807, 2.05) is 42.2 Å². The van der Waals surface area contributed by atoms with Crippen molar-refractivity contribution >= 4 is 33.6 Å². The molecule has 2 aromatic rings. The lowest BCUT2D eigenvalue weighted by molar-refractivity contribution is -0.133. The fraction of sp³-hybridized carbons (Fsp3) is 0.440. The van der Waals surface area contributed by atoms with Crippen LogP contribution in [0.5, 0.6) is 0 Å². The Morgan fingerprint density at radius 3 is 2.31 bits per heavy atom. The van der Waals surface area contributed by atoms with E-state index < -0.39 is 0 Å². The highest BCUT2D eigenvalue weighted by molar-refractivity contribution is 9.10. The molecule has 1 unspecified atom stereocenters. The van der Waals surface area contributed by atoms with Crippen molar-refractivity contribution in [3.63, 3.8) is 0 Å². The summed E-state index contributed by atoms with van der Waals surface area (Å²) in [6, 6.07) is 17.8. The van der Waals surface area contributed by atoms with Crippen molar-refractivity contribution in [2.75, 3.05) is 38.0 Å². The molecule has 1 fully saturated rings. The first-order chi connectivity index (χ1) is 15.5. The number of nitrogens with one attached hydrogen (secondary N) is 1. The molecule has 0 saturated carbocycles. The Balaban J connectivity index is 1.48. The highest BCUT2D eigenvalue weighted by Gasteiger charge is 2.24. The Hall–Kier alpha value is -2.38. The van der Waals surface area contributed by atoms with Gasteiger partial charge in [-0.1, -0.05) is 53.2 Å². The quantitative estimate of drug-likeness (QED) is 0.565. The van der Waals surface area contributed by atoms with Gasteiger partial charge in [0.15, 0.2) is 0 Å². The number of carbonyl (C=O) groups excluding carboxylic acids is 2. The fourth-order valence-corrected chi connectivity index (χ4v) is 4.11. The van der Waals surface area contributed by atoms with Crippen molar-refractivity contribution < 1.29 is 9.59 Å². The molecule has 3 rings (SSSR count). The highest BCUT2D eigenvalue weighted by Crippen LogP contribution is 2.16. The molecule has 0 spiro atoms. The zero-order chi connectivity index (χ0) is 22.9. The van der Waals surface area contributed by atoms with E-state index >= 15 is 0 Å². The van der Waals surface area contributed by atoms with Crippen molar-refractivity contribution in [2.45, 2.75) is 39.3 Å². The fourth-order valence-electron chi connectivity index (χ4n) is 3.84. The summed E-state index contributed by atoms with van der Waals surface area (Å²) in [7, 11) is 0. The van der Waals surface area contributed by atoms with Crippen molar-refractivity contribution in [3.8, 4) is 0 Å². The van der Waals surface area contributed by atoms with E-state index in [0.29, 0.717) is 13.0 Å².